The second-order valence-electron chi connectivity index (χ2n) is 4.69. The van der Waals surface area contributed by atoms with E-state index in [4.69, 9.17) is 17.3 Å². The van der Waals surface area contributed by atoms with Crippen LogP contribution in [0.1, 0.15) is 37.4 Å². The Balaban J connectivity index is 2.26. The fourth-order valence-electron chi connectivity index (χ4n) is 2.66. The Kier molecular flexibility index (Phi) is 3.50. The number of benzene rings is 1. The first-order valence-electron chi connectivity index (χ1n) is 5.77. The predicted molar refractivity (Wildman–Crippen MR) is 65.3 cm³/mol. The van der Waals surface area contributed by atoms with Crippen molar-refractivity contribution in [2.75, 3.05) is 6.54 Å². The van der Waals surface area contributed by atoms with E-state index in [1.807, 2.05) is 0 Å². The van der Waals surface area contributed by atoms with Gasteiger partial charge >= 0.3 is 0 Å². The van der Waals surface area contributed by atoms with E-state index in [0.29, 0.717) is 17.1 Å². The Hall–Kier alpha value is -0.600. The second-order valence-corrected chi connectivity index (χ2v) is 5.13. The molecule has 1 unspecified atom stereocenters. The molecule has 1 aliphatic carbocycles. The highest BCUT2D eigenvalue weighted by atomic mass is 35.5. The fraction of sp³-hybridized carbons (Fsp3) is 0.538. The molecule has 1 fully saturated rings. The summed E-state index contributed by atoms with van der Waals surface area (Å²) in [6, 6.07) is 7.07. The average Bonchev–Trinajstić information content (AvgIpc) is 2.78. The highest BCUT2D eigenvalue weighted by molar-refractivity contribution is 6.30. The van der Waals surface area contributed by atoms with Crippen LogP contribution in [0.15, 0.2) is 24.3 Å². The molecule has 0 bridgehead atoms. The fourth-order valence-corrected chi connectivity index (χ4v) is 2.86. The summed E-state index contributed by atoms with van der Waals surface area (Å²) in [7, 11) is 0. The van der Waals surface area contributed by atoms with Gasteiger partial charge in [0.2, 0.25) is 0 Å². The summed E-state index contributed by atoms with van der Waals surface area (Å²) in [6.45, 7) is 0.417. The van der Waals surface area contributed by atoms with E-state index in [1.165, 1.54) is 0 Å². The molecule has 0 saturated heterocycles. The maximum Gasteiger partial charge on any atom is 0.132 e. The third-order valence-corrected chi connectivity index (χ3v) is 3.92. The van der Waals surface area contributed by atoms with E-state index in [-0.39, 0.29) is 5.41 Å². The molecule has 88 valence electrons. The molecule has 1 aromatic rings. The van der Waals surface area contributed by atoms with Crippen LogP contribution in [0.5, 0.6) is 0 Å². The maximum absolute atomic E-state index is 14.5. The summed E-state index contributed by atoms with van der Waals surface area (Å²) in [5, 5.41) is 0.588. The van der Waals surface area contributed by atoms with Crippen LogP contribution in [0.3, 0.4) is 0 Å². The molecule has 0 amide bonds. The van der Waals surface area contributed by atoms with Crippen molar-refractivity contribution in [3.63, 3.8) is 0 Å². The molecule has 1 aromatic carbocycles. The van der Waals surface area contributed by atoms with Crippen molar-refractivity contribution in [1.29, 1.82) is 0 Å². The highest BCUT2D eigenvalue weighted by Crippen LogP contribution is 2.49. The summed E-state index contributed by atoms with van der Waals surface area (Å²) < 4.78 is 14.5. The third kappa shape index (κ3) is 2.09. The van der Waals surface area contributed by atoms with E-state index < -0.39 is 6.17 Å². The van der Waals surface area contributed by atoms with Crippen molar-refractivity contribution >= 4 is 11.6 Å². The smallest absolute Gasteiger partial charge is 0.132 e. The standard InChI is InChI=1S/C13H17ClFN/c14-11-5-3-4-10(8-11)12(15)13(9-16)6-1-2-7-13/h3-5,8,12H,1-2,6-7,9,16H2. The summed E-state index contributed by atoms with van der Waals surface area (Å²) in [4.78, 5) is 0. The van der Waals surface area contributed by atoms with Crippen molar-refractivity contribution in [3.8, 4) is 0 Å². The van der Waals surface area contributed by atoms with Gasteiger partial charge in [-0.2, -0.15) is 0 Å². The lowest BCUT2D eigenvalue weighted by Gasteiger charge is -2.31. The zero-order valence-electron chi connectivity index (χ0n) is 9.26. The zero-order valence-corrected chi connectivity index (χ0v) is 10.0. The Bertz CT molecular complexity index is 361. The quantitative estimate of drug-likeness (QED) is 0.854. The zero-order chi connectivity index (χ0) is 11.6. The molecule has 0 aliphatic heterocycles. The molecule has 2 rings (SSSR count). The van der Waals surface area contributed by atoms with Crippen molar-refractivity contribution in [2.45, 2.75) is 31.9 Å². The van der Waals surface area contributed by atoms with Crippen LogP contribution in [0, 0.1) is 5.41 Å². The normalized spacial score (nSPS) is 20.9. The van der Waals surface area contributed by atoms with Gasteiger partial charge in [-0.3, -0.25) is 0 Å². The van der Waals surface area contributed by atoms with Crippen molar-refractivity contribution < 1.29 is 4.39 Å². The van der Waals surface area contributed by atoms with Crippen molar-refractivity contribution in [3.05, 3.63) is 34.9 Å². The first-order chi connectivity index (χ1) is 7.68. The molecule has 0 heterocycles. The Morgan fingerprint density at radius 1 is 1.38 bits per heavy atom. The highest BCUT2D eigenvalue weighted by Gasteiger charge is 2.41. The summed E-state index contributed by atoms with van der Waals surface area (Å²) in [5.41, 5.74) is 6.08. The molecule has 1 aliphatic rings. The molecule has 1 atom stereocenters. The SMILES string of the molecule is NCC1(C(F)c2cccc(Cl)c2)CCCC1. The van der Waals surface area contributed by atoms with Crippen LogP contribution in [-0.2, 0) is 0 Å². The number of rotatable bonds is 3. The van der Waals surface area contributed by atoms with E-state index in [9.17, 15) is 4.39 Å². The number of hydrogen-bond acceptors (Lipinski definition) is 1. The van der Waals surface area contributed by atoms with Gasteiger partial charge in [0.25, 0.3) is 0 Å². The summed E-state index contributed by atoms with van der Waals surface area (Å²) >= 11 is 5.89. The lowest BCUT2D eigenvalue weighted by atomic mass is 9.78. The second kappa shape index (κ2) is 4.72. The van der Waals surface area contributed by atoms with E-state index in [2.05, 4.69) is 0 Å². The molecule has 16 heavy (non-hydrogen) atoms. The van der Waals surface area contributed by atoms with Crippen LogP contribution in [0.25, 0.3) is 0 Å². The van der Waals surface area contributed by atoms with Crippen LogP contribution in [0.2, 0.25) is 5.02 Å². The minimum atomic E-state index is -0.987. The van der Waals surface area contributed by atoms with E-state index >= 15 is 0 Å². The summed E-state index contributed by atoms with van der Waals surface area (Å²) in [6.07, 6.45) is 2.95. The largest absolute Gasteiger partial charge is 0.330 e. The van der Waals surface area contributed by atoms with E-state index in [0.717, 1.165) is 25.7 Å². The van der Waals surface area contributed by atoms with Crippen LogP contribution in [0.4, 0.5) is 4.39 Å². The number of alkyl halides is 1. The van der Waals surface area contributed by atoms with Gasteiger partial charge in [-0.05, 0) is 30.5 Å². The number of hydrogen-bond donors (Lipinski definition) is 1. The monoisotopic (exact) mass is 241 g/mol. The van der Waals surface area contributed by atoms with Gasteiger partial charge in [0.1, 0.15) is 6.17 Å². The van der Waals surface area contributed by atoms with Gasteiger partial charge in [-0.15, -0.1) is 0 Å². The maximum atomic E-state index is 14.5. The lowest BCUT2D eigenvalue weighted by Crippen LogP contribution is -2.32. The summed E-state index contributed by atoms with van der Waals surface area (Å²) in [5.74, 6) is 0. The van der Waals surface area contributed by atoms with Gasteiger partial charge in [-0.1, -0.05) is 36.6 Å². The molecule has 3 heteroatoms. The van der Waals surface area contributed by atoms with Gasteiger partial charge < -0.3 is 5.73 Å². The lowest BCUT2D eigenvalue weighted by molar-refractivity contribution is 0.119. The molecule has 0 spiro atoms. The van der Waals surface area contributed by atoms with Crippen LogP contribution in [-0.4, -0.2) is 6.54 Å². The Morgan fingerprint density at radius 3 is 2.62 bits per heavy atom. The van der Waals surface area contributed by atoms with E-state index in [1.54, 1.807) is 24.3 Å². The first kappa shape index (κ1) is 11.9. The average molecular weight is 242 g/mol. The van der Waals surface area contributed by atoms with Gasteiger partial charge in [-0.25, -0.2) is 4.39 Å². The first-order valence-corrected chi connectivity index (χ1v) is 6.15. The Morgan fingerprint density at radius 2 is 2.06 bits per heavy atom. The molecule has 1 nitrogen and oxygen atoms in total. The minimum Gasteiger partial charge on any atom is -0.330 e. The third-order valence-electron chi connectivity index (χ3n) is 3.68. The van der Waals surface area contributed by atoms with Gasteiger partial charge in [0, 0.05) is 17.0 Å². The molecular weight excluding hydrogens is 225 g/mol. The van der Waals surface area contributed by atoms with Crippen molar-refractivity contribution in [1.82, 2.24) is 0 Å². The topological polar surface area (TPSA) is 26.0 Å². The van der Waals surface area contributed by atoms with Crippen molar-refractivity contribution in [2.24, 2.45) is 11.1 Å². The van der Waals surface area contributed by atoms with Gasteiger partial charge in [0.05, 0.1) is 0 Å². The van der Waals surface area contributed by atoms with Gasteiger partial charge in [0.15, 0.2) is 0 Å². The Labute approximate surface area is 101 Å². The molecule has 2 N–H and O–H groups in total. The number of halogens is 2. The number of nitrogens with two attached hydrogens (primary N) is 1. The predicted octanol–water partition coefficient (Wildman–Crippen LogP) is 3.87. The molecule has 1 saturated carbocycles. The molecule has 0 aromatic heterocycles. The molecule has 0 radical (unpaired) electrons. The van der Waals surface area contributed by atoms with Crippen LogP contribution >= 0.6 is 11.6 Å². The minimum absolute atomic E-state index is 0.356. The van der Waals surface area contributed by atoms with Crippen LogP contribution < -0.4 is 5.73 Å². The molecular formula is C13H17ClFN.